The van der Waals surface area contributed by atoms with Gasteiger partial charge in [-0.1, -0.05) is 25.1 Å². The topological polar surface area (TPSA) is 0 Å². The molecule has 0 amide bonds. The average Bonchev–Trinajstić information content (AvgIpc) is 1.88. The normalized spacial score (nSPS) is 9.00. The van der Waals surface area contributed by atoms with E-state index in [9.17, 15) is 0 Å². The molecule has 0 heterocycles. The van der Waals surface area contributed by atoms with Crippen LogP contribution in [-0.2, 0) is 0 Å². The highest BCUT2D eigenvalue weighted by atomic mass is 32.2. The summed E-state index contributed by atoms with van der Waals surface area (Å²) < 4.78 is 0. The van der Waals surface area contributed by atoms with Crippen LogP contribution in [0.3, 0.4) is 0 Å². The lowest BCUT2D eigenvalue weighted by molar-refractivity contribution is 1.27. The molecular weight excluding hydrogens is 152 g/mol. The van der Waals surface area contributed by atoms with Gasteiger partial charge in [0, 0.05) is 4.90 Å². The van der Waals surface area contributed by atoms with Crippen LogP contribution >= 0.6 is 11.8 Å². The molecule has 0 nitrogen and oxygen atoms in total. The Labute approximate surface area is 74.0 Å². The lowest BCUT2D eigenvalue weighted by Crippen LogP contribution is -1.79. The van der Waals surface area contributed by atoms with Gasteiger partial charge in [0.2, 0.25) is 0 Å². The molecule has 11 heavy (non-hydrogen) atoms. The number of hydrogen-bond donors (Lipinski definition) is 0. The molecule has 0 aliphatic heterocycles. The second-order valence-corrected chi connectivity index (χ2v) is 3.32. The van der Waals surface area contributed by atoms with Gasteiger partial charge in [0.15, 0.2) is 0 Å². The van der Waals surface area contributed by atoms with E-state index in [1.807, 2.05) is 0 Å². The monoisotopic (exact) mass is 168 g/mol. The Morgan fingerprint density at radius 1 is 1.18 bits per heavy atom. The van der Waals surface area contributed by atoms with Crippen LogP contribution in [0, 0.1) is 13.8 Å². The van der Waals surface area contributed by atoms with Crippen molar-refractivity contribution in [2.45, 2.75) is 26.2 Å². The van der Waals surface area contributed by atoms with Crippen LogP contribution in [0.1, 0.15) is 18.6 Å². The van der Waals surface area contributed by atoms with Crippen molar-refractivity contribution in [1.82, 2.24) is 0 Å². The lowest BCUT2D eigenvalue weighted by atomic mass is 10.2. The molecule has 1 heteroatoms. The van der Waals surface area contributed by atoms with Gasteiger partial charge in [0.1, 0.15) is 0 Å². The molecule has 0 unspecified atom stereocenters. The van der Waals surface area contributed by atoms with E-state index in [1.165, 1.54) is 16.0 Å². The maximum Gasteiger partial charge on any atom is 0.00985 e. The maximum absolute atomic E-state index is 2.21. The molecule has 1 rings (SSSR count). The molecule has 0 bridgehead atoms. The lowest BCUT2D eigenvalue weighted by Gasteiger charge is -2.01. The van der Waals surface area contributed by atoms with Crippen molar-refractivity contribution in [3.63, 3.8) is 0 Å². The van der Waals surface area contributed by atoms with Crippen LogP contribution in [0.2, 0.25) is 0 Å². The zero-order valence-electron chi connectivity index (χ0n) is 6.64. The first-order valence-corrected chi connectivity index (χ1v) is 4.58. The summed E-state index contributed by atoms with van der Waals surface area (Å²) in [4.78, 5) is 1.38. The highest BCUT2D eigenvalue weighted by molar-refractivity contribution is 7.98. The standard InChI is InChI=1S/C9H12S.CH4/c1-7-4-5-9(10-3)8(2)6-7;/h4-6H,1-3H3;1H4. The highest BCUT2D eigenvalue weighted by Crippen LogP contribution is 2.19. The first-order chi connectivity index (χ1) is 4.74. The Morgan fingerprint density at radius 3 is 2.27 bits per heavy atom. The molecule has 0 radical (unpaired) electrons. The van der Waals surface area contributed by atoms with Crippen molar-refractivity contribution in [3.05, 3.63) is 29.3 Å². The predicted molar refractivity (Wildman–Crippen MR) is 54.4 cm³/mol. The fourth-order valence-electron chi connectivity index (χ4n) is 1.03. The Hall–Kier alpha value is -0.430. The van der Waals surface area contributed by atoms with Crippen molar-refractivity contribution >= 4 is 11.8 Å². The number of rotatable bonds is 1. The van der Waals surface area contributed by atoms with E-state index >= 15 is 0 Å². The minimum Gasteiger partial charge on any atom is -0.129 e. The Balaban J connectivity index is 0.000001000. The van der Waals surface area contributed by atoms with Crippen LogP contribution in [0.25, 0.3) is 0 Å². The van der Waals surface area contributed by atoms with Crippen molar-refractivity contribution in [3.8, 4) is 0 Å². The van der Waals surface area contributed by atoms with Crippen molar-refractivity contribution < 1.29 is 0 Å². The predicted octanol–water partition coefficient (Wildman–Crippen LogP) is 3.66. The van der Waals surface area contributed by atoms with E-state index in [2.05, 4.69) is 38.3 Å². The minimum atomic E-state index is 0. The molecule has 1 aromatic rings. The van der Waals surface area contributed by atoms with Crippen molar-refractivity contribution in [1.29, 1.82) is 0 Å². The van der Waals surface area contributed by atoms with E-state index in [0.717, 1.165) is 0 Å². The molecule has 0 N–H and O–H groups in total. The molecular formula is C10H16S. The average molecular weight is 168 g/mol. The molecule has 0 fully saturated rings. The third-order valence-electron chi connectivity index (χ3n) is 1.55. The molecule has 0 saturated carbocycles. The Bertz CT molecular complexity index is 228. The van der Waals surface area contributed by atoms with Gasteiger partial charge in [-0.3, -0.25) is 0 Å². The van der Waals surface area contributed by atoms with Gasteiger partial charge in [0.05, 0.1) is 0 Å². The van der Waals surface area contributed by atoms with E-state index in [1.54, 1.807) is 11.8 Å². The van der Waals surface area contributed by atoms with E-state index < -0.39 is 0 Å². The maximum atomic E-state index is 2.21. The number of hydrogen-bond acceptors (Lipinski definition) is 1. The van der Waals surface area contributed by atoms with Gasteiger partial charge in [-0.2, -0.15) is 0 Å². The zero-order chi connectivity index (χ0) is 7.56. The number of benzene rings is 1. The number of aryl methyl sites for hydroxylation is 2. The highest BCUT2D eigenvalue weighted by Gasteiger charge is 1.93. The fraction of sp³-hybridized carbons (Fsp3) is 0.400. The molecule has 62 valence electrons. The second-order valence-electron chi connectivity index (χ2n) is 2.47. The second kappa shape index (κ2) is 4.45. The van der Waals surface area contributed by atoms with Gasteiger partial charge < -0.3 is 0 Å². The molecule has 0 aliphatic carbocycles. The largest absolute Gasteiger partial charge is 0.129 e. The summed E-state index contributed by atoms with van der Waals surface area (Å²) in [5.74, 6) is 0. The minimum absolute atomic E-state index is 0. The van der Waals surface area contributed by atoms with Gasteiger partial charge in [-0.25, -0.2) is 0 Å². The third kappa shape index (κ3) is 2.58. The molecule has 0 saturated heterocycles. The van der Waals surface area contributed by atoms with E-state index in [0.29, 0.717) is 0 Å². The van der Waals surface area contributed by atoms with Gasteiger partial charge in [-0.15, -0.1) is 11.8 Å². The number of thioether (sulfide) groups is 1. The molecule has 0 atom stereocenters. The summed E-state index contributed by atoms with van der Waals surface area (Å²) >= 11 is 1.80. The quantitative estimate of drug-likeness (QED) is 0.577. The van der Waals surface area contributed by atoms with Gasteiger partial charge in [-0.05, 0) is 31.7 Å². The van der Waals surface area contributed by atoms with Crippen LogP contribution < -0.4 is 0 Å². The van der Waals surface area contributed by atoms with Gasteiger partial charge >= 0.3 is 0 Å². The molecule has 0 aliphatic rings. The Kier molecular flexibility index (Phi) is 4.27. The first-order valence-electron chi connectivity index (χ1n) is 3.35. The van der Waals surface area contributed by atoms with Crippen LogP contribution in [0.15, 0.2) is 23.1 Å². The third-order valence-corrected chi connectivity index (χ3v) is 2.45. The summed E-state index contributed by atoms with van der Waals surface area (Å²) in [6.45, 7) is 4.27. The Morgan fingerprint density at radius 2 is 1.82 bits per heavy atom. The SMILES string of the molecule is C.CSc1ccc(C)cc1C. The van der Waals surface area contributed by atoms with Crippen molar-refractivity contribution in [2.75, 3.05) is 6.26 Å². The molecule has 1 aromatic carbocycles. The van der Waals surface area contributed by atoms with E-state index in [4.69, 9.17) is 0 Å². The summed E-state index contributed by atoms with van der Waals surface area (Å²) in [6.07, 6.45) is 2.11. The van der Waals surface area contributed by atoms with Crippen molar-refractivity contribution in [2.24, 2.45) is 0 Å². The van der Waals surface area contributed by atoms with Crippen LogP contribution in [0.5, 0.6) is 0 Å². The smallest absolute Gasteiger partial charge is 0.00985 e. The van der Waals surface area contributed by atoms with Crippen LogP contribution in [0.4, 0.5) is 0 Å². The molecule has 0 aromatic heterocycles. The fourth-order valence-corrected chi connectivity index (χ4v) is 1.61. The summed E-state index contributed by atoms with van der Waals surface area (Å²) in [6, 6.07) is 6.54. The summed E-state index contributed by atoms with van der Waals surface area (Å²) in [7, 11) is 0. The summed E-state index contributed by atoms with van der Waals surface area (Å²) in [5.41, 5.74) is 2.72. The van der Waals surface area contributed by atoms with Crippen LogP contribution in [-0.4, -0.2) is 6.26 Å². The van der Waals surface area contributed by atoms with Gasteiger partial charge in [0.25, 0.3) is 0 Å². The van der Waals surface area contributed by atoms with E-state index in [-0.39, 0.29) is 7.43 Å². The zero-order valence-corrected chi connectivity index (χ0v) is 7.46. The first kappa shape index (κ1) is 10.6. The molecule has 0 spiro atoms. The summed E-state index contributed by atoms with van der Waals surface area (Å²) in [5, 5.41) is 0.